The molecular weight excluding hydrogens is 481 g/mol. The number of nitrogens with zero attached hydrogens (tertiary/aromatic N) is 5. The van der Waals surface area contributed by atoms with Crippen molar-refractivity contribution in [3.8, 4) is 0 Å². The molecule has 0 saturated carbocycles. The van der Waals surface area contributed by atoms with E-state index >= 15 is 0 Å². The third-order valence-electron chi connectivity index (χ3n) is 6.23. The van der Waals surface area contributed by atoms with Gasteiger partial charge in [-0.05, 0) is 18.8 Å². The summed E-state index contributed by atoms with van der Waals surface area (Å²) in [6.07, 6.45) is 2.81. The quantitative estimate of drug-likeness (QED) is 0.606. The van der Waals surface area contributed by atoms with Crippen molar-refractivity contribution in [3.05, 3.63) is 35.7 Å². The van der Waals surface area contributed by atoms with E-state index < -0.39 is 12.1 Å². The molecule has 36 heavy (non-hydrogen) atoms. The number of aryl methyl sites for hydroxylation is 1. The molecule has 2 aliphatic heterocycles. The van der Waals surface area contributed by atoms with Crippen molar-refractivity contribution in [1.29, 1.82) is 0 Å². The maximum atomic E-state index is 12.7. The van der Waals surface area contributed by atoms with E-state index in [2.05, 4.69) is 29.1 Å². The molecule has 4 heterocycles. The van der Waals surface area contributed by atoms with Crippen LogP contribution in [0.4, 0.5) is 19.1 Å². The Labute approximate surface area is 206 Å². The average molecular weight is 513 g/mol. The zero-order valence-corrected chi connectivity index (χ0v) is 20.5. The lowest BCUT2D eigenvalue weighted by Crippen LogP contribution is -2.41. The van der Waals surface area contributed by atoms with Crippen molar-refractivity contribution in [2.75, 3.05) is 25.0 Å². The number of hydrogen-bond donors (Lipinski definition) is 2. The van der Waals surface area contributed by atoms with Gasteiger partial charge in [0.1, 0.15) is 0 Å². The second-order valence-corrected chi connectivity index (χ2v) is 9.49. The molecule has 1 amide bonds. The molecule has 2 aromatic heterocycles. The number of anilines is 1. The molecule has 1 unspecified atom stereocenters. The fraction of sp³-hybridized carbons (Fsp3) is 0.609. The molecule has 1 spiro atoms. The Balaban J connectivity index is 0.000000454. The number of likely N-dealkylation sites (tertiary alicyclic amines) is 1. The topological polar surface area (TPSA) is 122 Å². The number of hydrogen-bond acceptors (Lipinski definition) is 7. The number of alkyl halides is 3. The van der Waals surface area contributed by atoms with Gasteiger partial charge < -0.3 is 24.6 Å². The smallest absolute Gasteiger partial charge is 0.475 e. The fourth-order valence-corrected chi connectivity index (χ4v) is 4.17. The Morgan fingerprint density at radius 1 is 1.31 bits per heavy atom. The third-order valence-corrected chi connectivity index (χ3v) is 6.23. The Bertz CT molecular complexity index is 1070. The zero-order chi connectivity index (χ0) is 26.5. The van der Waals surface area contributed by atoms with Gasteiger partial charge in [0.15, 0.2) is 0 Å². The first-order valence-corrected chi connectivity index (χ1v) is 11.6. The number of rotatable bonds is 6. The van der Waals surface area contributed by atoms with Gasteiger partial charge >= 0.3 is 12.1 Å². The standard InChI is InChI=1S/C21H30N6O2.C2HF3O2/c1-15(2)4-5-18(28)27-7-6-21(12-27)13-29-11-16-8-23-20(25-19(16)21)24-10-17-9-22-14-26(17)3;3-2(4,5)1(6)7/h8-9,14-15H,4-7,10-13H2,1-3H3,(H,23,24,25);(H,6,7). The summed E-state index contributed by atoms with van der Waals surface area (Å²) in [7, 11) is 1.97. The van der Waals surface area contributed by atoms with Crippen LogP contribution in [0.5, 0.6) is 0 Å². The van der Waals surface area contributed by atoms with E-state index in [9.17, 15) is 18.0 Å². The Hall–Kier alpha value is -3.22. The molecule has 13 heteroatoms. The summed E-state index contributed by atoms with van der Waals surface area (Å²) in [5.74, 6) is -1.37. The molecule has 4 rings (SSSR count). The Morgan fingerprint density at radius 2 is 2.03 bits per heavy atom. The molecule has 2 aliphatic rings. The summed E-state index contributed by atoms with van der Waals surface area (Å²) in [6, 6.07) is 0. The fourth-order valence-electron chi connectivity index (χ4n) is 4.17. The number of amides is 1. The molecule has 2 N–H and O–H groups in total. The molecule has 0 aliphatic carbocycles. The van der Waals surface area contributed by atoms with Crippen LogP contribution in [0, 0.1) is 5.92 Å². The van der Waals surface area contributed by atoms with Crippen LogP contribution in [0.1, 0.15) is 50.1 Å². The Morgan fingerprint density at radius 3 is 2.64 bits per heavy atom. The number of carbonyl (C=O) groups excluding carboxylic acids is 1. The van der Waals surface area contributed by atoms with Crippen molar-refractivity contribution in [2.24, 2.45) is 13.0 Å². The molecule has 10 nitrogen and oxygen atoms in total. The van der Waals surface area contributed by atoms with Crippen LogP contribution in [0.2, 0.25) is 0 Å². The van der Waals surface area contributed by atoms with E-state index in [1.165, 1.54) is 0 Å². The van der Waals surface area contributed by atoms with E-state index in [0.29, 0.717) is 44.6 Å². The molecule has 0 aromatic carbocycles. The van der Waals surface area contributed by atoms with Gasteiger partial charge in [-0.15, -0.1) is 0 Å². The second kappa shape index (κ2) is 11.2. The van der Waals surface area contributed by atoms with Gasteiger partial charge in [0, 0.05) is 44.5 Å². The van der Waals surface area contributed by atoms with E-state index in [-0.39, 0.29) is 11.3 Å². The summed E-state index contributed by atoms with van der Waals surface area (Å²) in [6.45, 7) is 7.49. The van der Waals surface area contributed by atoms with Gasteiger partial charge in [0.05, 0.1) is 42.9 Å². The molecule has 2 aromatic rings. The highest BCUT2D eigenvalue weighted by atomic mass is 19.4. The number of ether oxygens (including phenoxy) is 1. The molecule has 0 radical (unpaired) electrons. The number of nitrogens with one attached hydrogen (secondary N) is 1. The number of carboxylic acids is 1. The highest BCUT2D eigenvalue weighted by Gasteiger charge is 2.46. The molecule has 0 bridgehead atoms. The van der Waals surface area contributed by atoms with Crippen molar-refractivity contribution in [1.82, 2.24) is 24.4 Å². The summed E-state index contributed by atoms with van der Waals surface area (Å²) in [5, 5.41) is 10.4. The lowest BCUT2D eigenvalue weighted by Gasteiger charge is -2.34. The average Bonchev–Trinajstić information content (AvgIpc) is 3.43. The number of imidazole rings is 1. The van der Waals surface area contributed by atoms with Crippen LogP contribution in [-0.2, 0) is 39.9 Å². The van der Waals surface area contributed by atoms with Crippen molar-refractivity contribution < 1.29 is 32.6 Å². The van der Waals surface area contributed by atoms with E-state index in [1.54, 1.807) is 6.33 Å². The highest BCUT2D eigenvalue weighted by molar-refractivity contribution is 5.76. The lowest BCUT2D eigenvalue weighted by molar-refractivity contribution is -0.192. The highest BCUT2D eigenvalue weighted by Crippen LogP contribution is 2.39. The van der Waals surface area contributed by atoms with Crippen molar-refractivity contribution in [2.45, 2.75) is 57.9 Å². The van der Waals surface area contributed by atoms with Crippen LogP contribution in [0.3, 0.4) is 0 Å². The van der Waals surface area contributed by atoms with Crippen LogP contribution < -0.4 is 5.32 Å². The van der Waals surface area contributed by atoms with E-state index in [1.807, 2.05) is 28.9 Å². The molecule has 198 valence electrons. The first kappa shape index (κ1) is 27.4. The number of fused-ring (bicyclic) bond motifs is 2. The van der Waals surface area contributed by atoms with Gasteiger partial charge in [-0.2, -0.15) is 13.2 Å². The molecule has 1 atom stereocenters. The minimum atomic E-state index is -5.08. The predicted octanol–water partition coefficient (Wildman–Crippen LogP) is 2.89. The second-order valence-electron chi connectivity index (χ2n) is 9.49. The third kappa shape index (κ3) is 6.71. The van der Waals surface area contributed by atoms with Crippen LogP contribution >= 0.6 is 0 Å². The minimum absolute atomic E-state index is 0.229. The monoisotopic (exact) mass is 512 g/mol. The summed E-state index contributed by atoms with van der Waals surface area (Å²) >= 11 is 0. The lowest BCUT2D eigenvalue weighted by atomic mass is 9.80. The first-order chi connectivity index (χ1) is 16.9. The van der Waals surface area contributed by atoms with Gasteiger partial charge in [-0.3, -0.25) is 4.79 Å². The number of carboxylic acid groups (broad SMARTS) is 1. The first-order valence-electron chi connectivity index (χ1n) is 11.6. The normalized spacial score (nSPS) is 19.1. The van der Waals surface area contributed by atoms with Crippen LogP contribution in [-0.4, -0.2) is 67.3 Å². The molecular formula is C23H31F3N6O4. The largest absolute Gasteiger partial charge is 0.490 e. The number of carbonyl (C=O) groups is 2. The van der Waals surface area contributed by atoms with Crippen LogP contribution in [0.25, 0.3) is 0 Å². The van der Waals surface area contributed by atoms with Crippen LogP contribution in [0.15, 0.2) is 18.7 Å². The summed E-state index contributed by atoms with van der Waals surface area (Å²) < 4.78 is 39.6. The summed E-state index contributed by atoms with van der Waals surface area (Å²) in [5.41, 5.74) is 2.89. The SMILES string of the molecule is CC(C)CCC(=O)N1CCC2(COCc3cnc(NCc4cncn4C)nc32)C1.O=C(O)C(F)(F)F. The number of aromatic nitrogens is 4. The predicted molar refractivity (Wildman–Crippen MR) is 123 cm³/mol. The molecule has 1 saturated heterocycles. The Kier molecular flexibility index (Phi) is 8.54. The zero-order valence-electron chi connectivity index (χ0n) is 20.5. The molecule has 1 fully saturated rings. The van der Waals surface area contributed by atoms with E-state index in [4.69, 9.17) is 19.6 Å². The van der Waals surface area contributed by atoms with Crippen molar-refractivity contribution in [3.63, 3.8) is 0 Å². The summed E-state index contributed by atoms with van der Waals surface area (Å²) in [4.78, 5) is 37.0. The number of aliphatic carboxylic acids is 1. The van der Waals surface area contributed by atoms with Gasteiger partial charge in [0.25, 0.3) is 0 Å². The maximum Gasteiger partial charge on any atom is 0.490 e. The van der Waals surface area contributed by atoms with Crippen molar-refractivity contribution >= 4 is 17.8 Å². The van der Waals surface area contributed by atoms with Gasteiger partial charge in [0.2, 0.25) is 11.9 Å². The minimum Gasteiger partial charge on any atom is -0.475 e. The van der Waals surface area contributed by atoms with Gasteiger partial charge in [-0.25, -0.2) is 19.7 Å². The van der Waals surface area contributed by atoms with E-state index in [0.717, 1.165) is 36.3 Å². The number of halogens is 3. The van der Waals surface area contributed by atoms with Gasteiger partial charge in [-0.1, -0.05) is 13.8 Å². The maximum absolute atomic E-state index is 12.7.